The fourth-order valence-corrected chi connectivity index (χ4v) is 3.03. The quantitative estimate of drug-likeness (QED) is 0.563. The number of nitrogens with zero attached hydrogens (tertiary/aromatic N) is 3. The molecule has 0 fully saturated rings. The number of hydrogen-bond donors (Lipinski definition) is 2. The molecule has 0 radical (unpaired) electrons. The highest BCUT2D eigenvalue weighted by molar-refractivity contribution is 7.22. The number of aromatic amines is 1. The molecule has 1 amide bonds. The third-order valence-electron chi connectivity index (χ3n) is 2.85. The average Bonchev–Trinajstić information content (AvgIpc) is 3.01. The molecule has 0 aliphatic rings. The number of anilines is 1. The minimum atomic E-state index is -0.743. The van der Waals surface area contributed by atoms with Crippen LogP contribution in [0.25, 0.3) is 10.2 Å². The molecule has 3 rings (SSSR count). The Bertz CT molecular complexity index is 903. The van der Waals surface area contributed by atoms with Crippen LogP contribution >= 0.6 is 22.9 Å². The number of benzene rings is 1. The Labute approximate surface area is 132 Å². The van der Waals surface area contributed by atoms with Crippen LogP contribution in [-0.4, -0.2) is 26.0 Å². The molecule has 1 aromatic carbocycles. The summed E-state index contributed by atoms with van der Waals surface area (Å²) < 4.78 is 0.925. The largest absolute Gasteiger partial charge is 0.362 e. The maximum atomic E-state index is 12.1. The minimum Gasteiger partial charge on any atom is -0.358 e. The van der Waals surface area contributed by atoms with E-state index in [0.717, 1.165) is 15.8 Å². The van der Waals surface area contributed by atoms with E-state index in [1.807, 2.05) is 25.1 Å². The minimum absolute atomic E-state index is 0.246. The van der Waals surface area contributed by atoms with Gasteiger partial charge in [0, 0.05) is 0 Å². The lowest BCUT2D eigenvalue weighted by molar-refractivity contribution is -0.389. The second-order valence-electron chi connectivity index (χ2n) is 4.44. The van der Waals surface area contributed by atoms with Crippen molar-refractivity contribution >= 4 is 50.0 Å². The molecule has 2 heterocycles. The molecule has 22 heavy (non-hydrogen) atoms. The van der Waals surface area contributed by atoms with Gasteiger partial charge >= 0.3 is 5.82 Å². The highest BCUT2D eigenvalue weighted by atomic mass is 35.5. The maximum absolute atomic E-state index is 12.1. The summed E-state index contributed by atoms with van der Waals surface area (Å²) in [5.74, 6) is -1.18. The molecule has 0 bridgehead atoms. The summed E-state index contributed by atoms with van der Waals surface area (Å²) >= 11 is 7.06. The molecule has 0 atom stereocenters. The smallest absolute Gasteiger partial charge is 0.358 e. The number of rotatable bonds is 3. The predicted molar refractivity (Wildman–Crippen MR) is 82.6 cm³/mol. The summed E-state index contributed by atoms with van der Waals surface area (Å²) in [5, 5.41) is 18.9. The van der Waals surface area contributed by atoms with Crippen LogP contribution in [0.15, 0.2) is 18.2 Å². The fraction of sp³-hybridized carbons (Fsp3) is 0.0833. The first-order valence-electron chi connectivity index (χ1n) is 6.02. The van der Waals surface area contributed by atoms with Gasteiger partial charge in [0.25, 0.3) is 5.91 Å². The van der Waals surface area contributed by atoms with Gasteiger partial charge in [-0.15, -0.1) is 5.10 Å². The highest BCUT2D eigenvalue weighted by Crippen LogP contribution is 2.29. The molecule has 0 aliphatic heterocycles. The van der Waals surface area contributed by atoms with E-state index in [2.05, 4.69) is 20.5 Å². The third kappa shape index (κ3) is 2.51. The van der Waals surface area contributed by atoms with Crippen molar-refractivity contribution in [2.75, 3.05) is 5.32 Å². The van der Waals surface area contributed by atoms with Crippen molar-refractivity contribution in [3.05, 3.63) is 44.6 Å². The van der Waals surface area contributed by atoms with E-state index in [1.165, 1.54) is 11.3 Å². The molecule has 8 nitrogen and oxygen atoms in total. The molecular formula is C12H8ClN5O3S. The van der Waals surface area contributed by atoms with Gasteiger partial charge in [0.2, 0.25) is 0 Å². The molecule has 112 valence electrons. The number of amides is 1. The Hall–Kier alpha value is -2.52. The number of aromatic nitrogens is 3. The van der Waals surface area contributed by atoms with Crippen LogP contribution in [0, 0.1) is 17.0 Å². The molecule has 0 saturated carbocycles. The summed E-state index contributed by atoms with van der Waals surface area (Å²) in [5.41, 5.74) is 1.59. The lowest BCUT2D eigenvalue weighted by Gasteiger charge is -1.96. The Kier molecular flexibility index (Phi) is 3.51. The van der Waals surface area contributed by atoms with Gasteiger partial charge in [0.15, 0.2) is 15.8 Å². The number of nitro groups is 1. The van der Waals surface area contributed by atoms with Gasteiger partial charge < -0.3 is 10.1 Å². The van der Waals surface area contributed by atoms with E-state index in [-0.39, 0.29) is 10.7 Å². The van der Waals surface area contributed by atoms with Crippen LogP contribution in [0.5, 0.6) is 0 Å². The number of thiazole rings is 1. The number of fused-ring (bicyclic) bond motifs is 1. The number of hydrogen-bond acceptors (Lipinski definition) is 6. The van der Waals surface area contributed by atoms with Crippen LogP contribution in [0.1, 0.15) is 16.1 Å². The van der Waals surface area contributed by atoms with E-state index in [1.54, 1.807) is 0 Å². The summed E-state index contributed by atoms with van der Waals surface area (Å²) in [7, 11) is 0. The highest BCUT2D eigenvalue weighted by Gasteiger charge is 2.25. The zero-order chi connectivity index (χ0) is 15.9. The Morgan fingerprint density at radius 1 is 1.50 bits per heavy atom. The van der Waals surface area contributed by atoms with Crippen molar-refractivity contribution in [3.63, 3.8) is 0 Å². The standard InChI is InChI=1S/C12H8ClN5O3S/c1-5-2-3-6-7(4-5)22-12(14-6)15-11(19)9-8(13)10(17-16-9)18(20)21/h2-4H,1H3,(H,16,17)(H,14,15,19). The Morgan fingerprint density at radius 2 is 2.27 bits per heavy atom. The van der Waals surface area contributed by atoms with Gasteiger partial charge in [-0.2, -0.15) is 0 Å². The number of halogens is 1. The topological polar surface area (TPSA) is 114 Å². The predicted octanol–water partition coefficient (Wildman–Crippen LogP) is 3.14. The molecule has 3 aromatic rings. The Morgan fingerprint density at radius 3 is 2.95 bits per heavy atom. The second kappa shape index (κ2) is 5.35. The van der Waals surface area contributed by atoms with Crippen LogP contribution in [-0.2, 0) is 0 Å². The zero-order valence-corrected chi connectivity index (χ0v) is 12.7. The first-order chi connectivity index (χ1) is 10.5. The molecule has 0 unspecified atom stereocenters. The average molecular weight is 338 g/mol. The second-order valence-corrected chi connectivity index (χ2v) is 5.84. The van der Waals surface area contributed by atoms with Gasteiger partial charge in [-0.3, -0.25) is 10.1 Å². The number of carbonyl (C=O) groups excluding carboxylic acids is 1. The van der Waals surface area contributed by atoms with Crippen LogP contribution in [0.2, 0.25) is 5.02 Å². The summed E-state index contributed by atoms with van der Waals surface area (Å²) in [6, 6.07) is 5.72. The van der Waals surface area contributed by atoms with Crippen LogP contribution in [0.4, 0.5) is 10.9 Å². The summed E-state index contributed by atoms with van der Waals surface area (Å²) in [6.07, 6.45) is 0. The first kappa shape index (κ1) is 14.4. The molecule has 0 spiro atoms. The molecule has 0 saturated heterocycles. The lowest BCUT2D eigenvalue weighted by atomic mass is 10.2. The lowest BCUT2D eigenvalue weighted by Crippen LogP contribution is -2.12. The molecule has 10 heteroatoms. The Balaban J connectivity index is 1.88. The monoisotopic (exact) mass is 337 g/mol. The van der Waals surface area contributed by atoms with Crippen molar-refractivity contribution in [3.8, 4) is 0 Å². The van der Waals surface area contributed by atoms with Crippen molar-refractivity contribution in [2.24, 2.45) is 0 Å². The van der Waals surface area contributed by atoms with Gasteiger partial charge in [-0.25, -0.2) is 4.98 Å². The number of H-pyrrole nitrogens is 1. The molecular weight excluding hydrogens is 330 g/mol. The molecule has 2 N–H and O–H groups in total. The van der Waals surface area contributed by atoms with E-state index >= 15 is 0 Å². The molecule has 2 aromatic heterocycles. The van der Waals surface area contributed by atoms with Crippen molar-refractivity contribution in [2.45, 2.75) is 6.92 Å². The first-order valence-corrected chi connectivity index (χ1v) is 7.22. The van der Waals surface area contributed by atoms with Crippen LogP contribution < -0.4 is 5.32 Å². The van der Waals surface area contributed by atoms with E-state index in [0.29, 0.717) is 5.13 Å². The maximum Gasteiger partial charge on any atom is 0.362 e. The SMILES string of the molecule is Cc1ccc2nc(NC(=O)c3n[nH]c([N+](=O)[O-])c3Cl)sc2c1. The third-order valence-corrected chi connectivity index (χ3v) is 4.14. The molecule has 0 aliphatic carbocycles. The van der Waals surface area contributed by atoms with Gasteiger partial charge in [0.1, 0.15) is 0 Å². The summed E-state index contributed by atoms with van der Waals surface area (Å²) in [6.45, 7) is 1.96. The van der Waals surface area contributed by atoms with Gasteiger partial charge in [0.05, 0.1) is 10.2 Å². The van der Waals surface area contributed by atoms with E-state index in [4.69, 9.17) is 11.6 Å². The van der Waals surface area contributed by atoms with Gasteiger partial charge in [-0.05, 0) is 29.5 Å². The normalized spacial score (nSPS) is 10.8. The fourth-order valence-electron chi connectivity index (χ4n) is 1.83. The number of nitrogens with one attached hydrogen (secondary N) is 2. The van der Waals surface area contributed by atoms with Crippen LogP contribution in [0.3, 0.4) is 0 Å². The number of aryl methyl sites for hydroxylation is 1. The van der Waals surface area contributed by atoms with E-state index < -0.39 is 16.6 Å². The summed E-state index contributed by atoms with van der Waals surface area (Å²) in [4.78, 5) is 26.3. The number of carbonyl (C=O) groups is 1. The van der Waals surface area contributed by atoms with Crippen molar-refractivity contribution < 1.29 is 9.72 Å². The van der Waals surface area contributed by atoms with E-state index in [9.17, 15) is 14.9 Å². The van der Waals surface area contributed by atoms with Gasteiger partial charge in [-0.1, -0.05) is 34.1 Å². The van der Waals surface area contributed by atoms with Crippen molar-refractivity contribution in [1.29, 1.82) is 0 Å². The zero-order valence-electron chi connectivity index (χ0n) is 11.1. The van der Waals surface area contributed by atoms with Crippen molar-refractivity contribution in [1.82, 2.24) is 15.2 Å².